The van der Waals surface area contributed by atoms with Crippen LogP contribution in [0.25, 0.3) is 21.8 Å². The molecule has 0 saturated carbocycles. The maximum absolute atomic E-state index is 14.9. The van der Waals surface area contributed by atoms with Crippen LogP contribution < -0.4 is 0 Å². The molecule has 0 bridgehead atoms. The van der Waals surface area contributed by atoms with Crippen LogP contribution in [0, 0.1) is 5.82 Å². The standard InChI is InChI=1S/C22H19ClF4N2/c1-2-3-8-21(22(25,26)27,17-11-28-19-6-4-13(23)9-15(17)19)18-12-29-20-7-5-14(24)10-16(18)20/h4-7,9-12,28-29H,2-3,8H2,1H3. The highest BCUT2D eigenvalue weighted by atomic mass is 35.5. The van der Waals surface area contributed by atoms with Gasteiger partial charge >= 0.3 is 6.18 Å². The van der Waals surface area contributed by atoms with Gasteiger partial charge in [-0.05, 0) is 53.9 Å². The molecule has 2 aromatic carbocycles. The number of aromatic amines is 2. The maximum Gasteiger partial charge on any atom is 0.402 e. The fourth-order valence-electron chi connectivity index (χ4n) is 4.20. The van der Waals surface area contributed by atoms with Crippen molar-refractivity contribution < 1.29 is 17.6 Å². The van der Waals surface area contributed by atoms with Crippen LogP contribution in [0.15, 0.2) is 48.8 Å². The average Bonchev–Trinajstić information content (AvgIpc) is 3.26. The molecule has 2 N–H and O–H groups in total. The Morgan fingerprint density at radius 3 is 2.07 bits per heavy atom. The summed E-state index contributed by atoms with van der Waals surface area (Å²) in [4.78, 5) is 5.84. The minimum Gasteiger partial charge on any atom is -0.361 e. The van der Waals surface area contributed by atoms with E-state index < -0.39 is 17.4 Å². The van der Waals surface area contributed by atoms with Gasteiger partial charge in [-0.1, -0.05) is 31.4 Å². The van der Waals surface area contributed by atoms with Gasteiger partial charge < -0.3 is 9.97 Å². The second kappa shape index (κ2) is 7.10. The monoisotopic (exact) mass is 422 g/mol. The summed E-state index contributed by atoms with van der Waals surface area (Å²) in [6, 6.07) is 8.69. The molecule has 29 heavy (non-hydrogen) atoms. The van der Waals surface area contributed by atoms with E-state index in [1.54, 1.807) is 18.2 Å². The van der Waals surface area contributed by atoms with Gasteiger partial charge in [-0.25, -0.2) is 4.39 Å². The summed E-state index contributed by atoms with van der Waals surface area (Å²) in [5.41, 5.74) is -1.15. The summed E-state index contributed by atoms with van der Waals surface area (Å²) < 4.78 is 58.7. The molecule has 2 nitrogen and oxygen atoms in total. The number of unbranched alkanes of at least 4 members (excludes halogenated alkanes) is 1. The molecular formula is C22H19ClF4N2. The van der Waals surface area contributed by atoms with Crippen molar-refractivity contribution in [3.05, 3.63) is 70.8 Å². The highest BCUT2D eigenvalue weighted by Crippen LogP contribution is 2.53. The topological polar surface area (TPSA) is 31.6 Å². The first-order chi connectivity index (χ1) is 13.8. The lowest BCUT2D eigenvalue weighted by Crippen LogP contribution is -2.43. The number of H-pyrrole nitrogens is 2. The summed E-state index contributed by atoms with van der Waals surface area (Å²) in [5.74, 6) is -0.577. The number of benzene rings is 2. The minimum atomic E-state index is -4.61. The number of aromatic nitrogens is 2. The molecule has 4 aromatic rings. The lowest BCUT2D eigenvalue weighted by molar-refractivity contribution is -0.179. The van der Waals surface area contributed by atoms with Crippen LogP contribution >= 0.6 is 11.6 Å². The molecule has 152 valence electrons. The van der Waals surface area contributed by atoms with Crippen molar-refractivity contribution in [3.63, 3.8) is 0 Å². The van der Waals surface area contributed by atoms with Gasteiger partial charge in [0.25, 0.3) is 0 Å². The van der Waals surface area contributed by atoms with Gasteiger partial charge in [0.15, 0.2) is 0 Å². The predicted molar refractivity (Wildman–Crippen MR) is 108 cm³/mol. The first-order valence-electron chi connectivity index (χ1n) is 9.39. The number of rotatable bonds is 5. The van der Waals surface area contributed by atoms with Crippen LogP contribution in [0.4, 0.5) is 17.6 Å². The van der Waals surface area contributed by atoms with E-state index in [2.05, 4.69) is 9.97 Å². The van der Waals surface area contributed by atoms with Crippen LogP contribution in [-0.4, -0.2) is 16.1 Å². The van der Waals surface area contributed by atoms with Gasteiger partial charge in [0, 0.05) is 39.2 Å². The zero-order valence-electron chi connectivity index (χ0n) is 15.6. The van der Waals surface area contributed by atoms with Crippen molar-refractivity contribution in [1.82, 2.24) is 9.97 Å². The fourth-order valence-corrected chi connectivity index (χ4v) is 4.37. The Morgan fingerprint density at radius 1 is 0.897 bits per heavy atom. The lowest BCUT2D eigenvalue weighted by atomic mass is 9.70. The molecule has 0 aliphatic heterocycles. The Labute approximate surface area is 169 Å². The molecule has 4 rings (SSSR count). The van der Waals surface area contributed by atoms with Crippen molar-refractivity contribution in [3.8, 4) is 0 Å². The third kappa shape index (κ3) is 3.10. The Kier molecular flexibility index (Phi) is 4.85. The van der Waals surface area contributed by atoms with E-state index in [1.807, 2.05) is 6.92 Å². The largest absolute Gasteiger partial charge is 0.402 e. The molecule has 0 aliphatic carbocycles. The number of fused-ring (bicyclic) bond motifs is 2. The average molecular weight is 423 g/mol. The first-order valence-corrected chi connectivity index (χ1v) is 9.76. The molecule has 0 radical (unpaired) electrons. The molecule has 0 aliphatic rings. The molecular weight excluding hydrogens is 404 g/mol. The van der Waals surface area contributed by atoms with E-state index in [9.17, 15) is 17.6 Å². The summed E-state index contributed by atoms with van der Waals surface area (Å²) in [5, 5.41) is 1.00. The van der Waals surface area contributed by atoms with E-state index in [0.717, 1.165) is 6.07 Å². The van der Waals surface area contributed by atoms with Crippen LogP contribution in [0.3, 0.4) is 0 Å². The SMILES string of the molecule is CCCCC(c1c[nH]c2ccc(F)cc12)(c1c[nH]c2ccc(Cl)cc12)C(F)(F)F. The number of nitrogens with one attached hydrogen (secondary N) is 2. The summed E-state index contributed by atoms with van der Waals surface area (Å²) in [6.45, 7) is 1.85. The molecule has 7 heteroatoms. The van der Waals surface area contributed by atoms with Gasteiger partial charge in [0.2, 0.25) is 0 Å². The number of alkyl halides is 3. The van der Waals surface area contributed by atoms with Crippen molar-refractivity contribution >= 4 is 33.4 Å². The Hall–Kier alpha value is -2.47. The molecule has 0 saturated heterocycles. The third-order valence-electron chi connectivity index (χ3n) is 5.60. The van der Waals surface area contributed by atoms with Gasteiger partial charge in [-0.15, -0.1) is 0 Å². The van der Waals surface area contributed by atoms with Gasteiger partial charge in [0.05, 0.1) is 0 Å². The zero-order chi connectivity index (χ0) is 20.8. The van der Waals surface area contributed by atoms with Gasteiger partial charge in [-0.3, -0.25) is 0 Å². The van der Waals surface area contributed by atoms with Crippen LogP contribution in [0.5, 0.6) is 0 Å². The highest BCUT2D eigenvalue weighted by molar-refractivity contribution is 6.31. The molecule has 2 heterocycles. The van der Waals surface area contributed by atoms with E-state index in [-0.39, 0.29) is 22.9 Å². The zero-order valence-corrected chi connectivity index (χ0v) is 16.4. The van der Waals surface area contributed by atoms with Crippen molar-refractivity contribution in [2.75, 3.05) is 0 Å². The molecule has 0 amide bonds. The molecule has 2 aromatic heterocycles. The van der Waals surface area contributed by atoms with Crippen molar-refractivity contribution in [1.29, 1.82) is 0 Å². The summed E-state index contributed by atoms with van der Waals surface area (Å²) in [6.07, 6.45) is -1.05. The van der Waals surface area contributed by atoms with E-state index >= 15 is 0 Å². The van der Waals surface area contributed by atoms with Crippen LogP contribution in [0.2, 0.25) is 5.02 Å². The van der Waals surface area contributed by atoms with E-state index in [0.29, 0.717) is 34.3 Å². The van der Waals surface area contributed by atoms with Crippen LogP contribution in [0.1, 0.15) is 37.3 Å². The smallest absolute Gasteiger partial charge is 0.361 e. The second-order valence-corrected chi connectivity index (χ2v) is 7.73. The highest BCUT2D eigenvalue weighted by Gasteiger charge is 2.58. The number of halogens is 5. The normalized spacial score (nSPS) is 14.6. The Balaban J connectivity index is 2.11. The Bertz CT molecular complexity index is 1090. The molecule has 1 atom stereocenters. The predicted octanol–water partition coefficient (Wildman–Crippen LogP) is 7.48. The number of hydrogen-bond acceptors (Lipinski definition) is 0. The summed E-state index contributed by atoms with van der Waals surface area (Å²) in [7, 11) is 0. The van der Waals surface area contributed by atoms with Crippen molar-refractivity contribution in [2.45, 2.75) is 37.8 Å². The fraction of sp³-hybridized carbons (Fsp3) is 0.273. The first kappa shape index (κ1) is 19.8. The molecule has 0 spiro atoms. The quantitative estimate of drug-likeness (QED) is 0.312. The van der Waals surface area contributed by atoms with Crippen LogP contribution in [-0.2, 0) is 5.41 Å². The Morgan fingerprint density at radius 2 is 1.48 bits per heavy atom. The lowest BCUT2D eigenvalue weighted by Gasteiger charge is -2.36. The molecule has 1 unspecified atom stereocenters. The maximum atomic E-state index is 14.9. The minimum absolute atomic E-state index is 0.0221. The van der Waals surface area contributed by atoms with E-state index in [1.165, 1.54) is 24.5 Å². The summed E-state index contributed by atoms with van der Waals surface area (Å²) >= 11 is 6.11. The third-order valence-corrected chi connectivity index (χ3v) is 5.83. The van der Waals surface area contributed by atoms with E-state index in [4.69, 9.17) is 11.6 Å². The molecule has 0 fully saturated rings. The number of hydrogen-bond donors (Lipinski definition) is 2. The van der Waals surface area contributed by atoms with Gasteiger partial charge in [-0.2, -0.15) is 13.2 Å². The van der Waals surface area contributed by atoms with Gasteiger partial charge in [0.1, 0.15) is 11.2 Å². The second-order valence-electron chi connectivity index (χ2n) is 7.29. The van der Waals surface area contributed by atoms with Crippen molar-refractivity contribution in [2.24, 2.45) is 0 Å².